The van der Waals surface area contributed by atoms with Gasteiger partial charge < -0.3 is 19.3 Å². The molecule has 6 nitrogen and oxygen atoms in total. The second-order valence-corrected chi connectivity index (χ2v) is 6.29. The number of carbonyl (C=O) groups is 2. The van der Waals surface area contributed by atoms with Crippen molar-refractivity contribution in [1.29, 1.82) is 0 Å². The Labute approximate surface area is 167 Å². The Balaban J connectivity index is 0.000000280. The molecule has 0 atom stereocenters. The summed E-state index contributed by atoms with van der Waals surface area (Å²) in [4.78, 5) is 26.7. The summed E-state index contributed by atoms with van der Waals surface area (Å²) in [6.07, 6.45) is 0. The van der Waals surface area contributed by atoms with Gasteiger partial charge in [0.05, 0.1) is 30.0 Å². The van der Waals surface area contributed by atoms with Crippen molar-refractivity contribution in [2.24, 2.45) is 0 Å². The molecule has 2 aromatic carbocycles. The third-order valence-corrected chi connectivity index (χ3v) is 3.78. The largest absolute Gasteiger partial charge is 0.462 e. The Kier molecular flexibility index (Phi) is 9.57. The van der Waals surface area contributed by atoms with E-state index in [1.165, 1.54) is 0 Å². The van der Waals surface area contributed by atoms with Crippen molar-refractivity contribution < 1.29 is 19.1 Å². The van der Waals surface area contributed by atoms with Crippen molar-refractivity contribution in [2.75, 3.05) is 51.2 Å². The highest BCUT2D eigenvalue weighted by molar-refractivity contribution is 5.95. The van der Waals surface area contributed by atoms with Crippen LogP contribution >= 0.6 is 0 Å². The highest BCUT2D eigenvalue weighted by atomic mass is 16.5. The number of rotatable bonds is 6. The van der Waals surface area contributed by atoms with E-state index in [9.17, 15) is 9.59 Å². The van der Waals surface area contributed by atoms with E-state index in [-0.39, 0.29) is 11.9 Å². The topological polar surface area (TPSA) is 59.1 Å². The van der Waals surface area contributed by atoms with Gasteiger partial charge in [0.2, 0.25) is 0 Å². The first-order valence-corrected chi connectivity index (χ1v) is 9.19. The lowest BCUT2D eigenvalue weighted by Gasteiger charge is -2.15. The van der Waals surface area contributed by atoms with E-state index >= 15 is 0 Å². The summed E-state index contributed by atoms with van der Waals surface area (Å²) in [5.74, 6) is -0.533. The van der Waals surface area contributed by atoms with Gasteiger partial charge in [0.1, 0.15) is 0 Å². The summed E-state index contributed by atoms with van der Waals surface area (Å²) < 4.78 is 9.83. The van der Waals surface area contributed by atoms with Gasteiger partial charge in [-0.05, 0) is 50.2 Å². The van der Waals surface area contributed by atoms with Gasteiger partial charge in [-0.3, -0.25) is 0 Å². The molecule has 0 saturated heterocycles. The molecule has 2 rings (SSSR count). The van der Waals surface area contributed by atoms with Gasteiger partial charge in [-0.25, -0.2) is 9.59 Å². The summed E-state index contributed by atoms with van der Waals surface area (Å²) in [5, 5.41) is 0. The van der Waals surface area contributed by atoms with E-state index in [4.69, 9.17) is 9.47 Å². The number of carbonyl (C=O) groups excluding carboxylic acids is 2. The zero-order valence-electron chi connectivity index (χ0n) is 17.6. The Morgan fingerprint density at radius 1 is 0.750 bits per heavy atom. The maximum atomic E-state index is 11.5. The van der Waals surface area contributed by atoms with Crippen molar-refractivity contribution in [2.45, 2.75) is 13.8 Å². The fourth-order valence-corrected chi connectivity index (χ4v) is 2.36. The monoisotopic (exact) mass is 386 g/mol. The number of nitrogens with zero attached hydrogens (tertiary/aromatic N) is 2. The quantitative estimate of drug-likeness (QED) is 0.703. The molecule has 28 heavy (non-hydrogen) atoms. The number of anilines is 2. The molecule has 0 unspecified atom stereocenters. The van der Waals surface area contributed by atoms with Crippen LogP contribution in [0.1, 0.15) is 34.6 Å². The fourth-order valence-electron chi connectivity index (χ4n) is 2.36. The van der Waals surface area contributed by atoms with Crippen molar-refractivity contribution in [1.82, 2.24) is 0 Å². The molecule has 0 amide bonds. The standard InChI is InChI=1S/2C11H15NO2/c1-4-14-11(13)9-5-7-10(8-6-9)12(2)3;1-4-14-11(13)9-7-5-6-8-10(9)12(2)3/h2*5-8H,4H2,1-3H3. The lowest BCUT2D eigenvalue weighted by atomic mass is 10.1. The Morgan fingerprint density at radius 3 is 1.79 bits per heavy atom. The first-order chi connectivity index (χ1) is 13.3. The fraction of sp³-hybridized carbons (Fsp3) is 0.364. The summed E-state index contributed by atoms with van der Waals surface area (Å²) in [5.41, 5.74) is 3.15. The van der Waals surface area contributed by atoms with E-state index in [0.717, 1.165) is 11.4 Å². The number of hydrogen-bond acceptors (Lipinski definition) is 6. The third kappa shape index (κ3) is 6.95. The van der Waals surface area contributed by atoms with Crippen LogP contribution in [0.4, 0.5) is 11.4 Å². The second-order valence-electron chi connectivity index (χ2n) is 6.29. The molecule has 0 aliphatic rings. The van der Waals surface area contributed by atoms with Crippen LogP contribution in [-0.2, 0) is 9.47 Å². The molecule has 0 saturated carbocycles. The maximum absolute atomic E-state index is 11.5. The molecule has 2 aromatic rings. The van der Waals surface area contributed by atoms with Gasteiger partial charge in [0, 0.05) is 33.9 Å². The van der Waals surface area contributed by atoms with E-state index in [1.54, 1.807) is 32.0 Å². The summed E-state index contributed by atoms with van der Waals surface area (Å²) in [6, 6.07) is 14.7. The van der Waals surface area contributed by atoms with Gasteiger partial charge in [-0.2, -0.15) is 0 Å². The molecule has 6 heteroatoms. The molecule has 0 N–H and O–H groups in total. The minimum atomic E-state index is -0.267. The predicted molar refractivity (Wildman–Crippen MR) is 113 cm³/mol. The summed E-state index contributed by atoms with van der Waals surface area (Å²) in [6.45, 7) is 4.41. The van der Waals surface area contributed by atoms with E-state index in [0.29, 0.717) is 24.3 Å². The molecule has 0 aliphatic carbocycles. The molecule has 152 valence electrons. The average molecular weight is 386 g/mol. The zero-order valence-corrected chi connectivity index (χ0v) is 17.6. The molecular formula is C22H30N2O4. The molecule has 0 fully saturated rings. The van der Waals surface area contributed by atoms with Gasteiger partial charge in [-0.1, -0.05) is 12.1 Å². The summed E-state index contributed by atoms with van der Waals surface area (Å²) in [7, 11) is 7.72. The van der Waals surface area contributed by atoms with Crippen molar-refractivity contribution >= 4 is 23.3 Å². The number of ether oxygens (including phenoxy) is 2. The SMILES string of the molecule is CCOC(=O)c1ccc(N(C)C)cc1.CCOC(=O)c1ccccc1N(C)C. The lowest BCUT2D eigenvalue weighted by molar-refractivity contribution is 0.0517. The lowest BCUT2D eigenvalue weighted by Crippen LogP contribution is -2.15. The zero-order chi connectivity index (χ0) is 21.1. The molecule has 0 radical (unpaired) electrons. The van der Waals surface area contributed by atoms with Crippen LogP contribution in [0.3, 0.4) is 0 Å². The van der Waals surface area contributed by atoms with Crippen LogP contribution in [0, 0.1) is 0 Å². The molecule has 0 heterocycles. The molecule has 0 aliphatic heterocycles. The van der Waals surface area contributed by atoms with Crippen LogP contribution in [0.2, 0.25) is 0 Å². The number of esters is 2. The molecule has 0 spiro atoms. The Bertz CT molecular complexity index is 755. The van der Waals surface area contributed by atoms with E-state index in [2.05, 4.69) is 0 Å². The minimum absolute atomic E-state index is 0.266. The van der Waals surface area contributed by atoms with Crippen LogP contribution in [-0.4, -0.2) is 53.3 Å². The predicted octanol–water partition coefficient (Wildman–Crippen LogP) is 3.86. The van der Waals surface area contributed by atoms with Crippen molar-refractivity contribution in [3.8, 4) is 0 Å². The van der Waals surface area contributed by atoms with Crippen LogP contribution in [0.15, 0.2) is 48.5 Å². The Morgan fingerprint density at radius 2 is 1.29 bits per heavy atom. The highest BCUT2D eigenvalue weighted by Gasteiger charge is 2.12. The molecular weight excluding hydrogens is 356 g/mol. The normalized spacial score (nSPS) is 9.64. The van der Waals surface area contributed by atoms with Gasteiger partial charge in [-0.15, -0.1) is 0 Å². The van der Waals surface area contributed by atoms with E-state index in [1.807, 2.05) is 68.3 Å². The third-order valence-electron chi connectivity index (χ3n) is 3.78. The first-order valence-electron chi connectivity index (χ1n) is 9.19. The van der Waals surface area contributed by atoms with Crippen LogP contribution in [0.25, 0.3) is 0 Å². The Hall–Kier alpha value is -3.02. The maximum Gasteiger partial charge on any atom is 0.340 e. The second kappa shape index (κ2) is 11.6. The van der Waals surface area contributed by atoms with Gasteiger partial charge >= 0.3 is 11.9 Å². The van der Waals surface area contributed by atoms with Gasteiger partial charge in [0.15, 0.2) is 0 Å². The average Bonchev–Trinajstić information content (AvgIpc) is 2.69. The highest BCUT2D eigenvalue weighted by Crippen LogP contribution is 2.18. The van der Waals surface area contributed by atoms with Crippen LogP contribution < -0.4 is 9.80 Å². The number of hydrogen-bond donors (Lipinski definition) is 0. The number of para-hydroxylation sites is 1. The minimum Gasteiger partial charge on any atom is -0.462 e. The molecule has 0 aromatic heterocycles. The van der Waals surface area contributed by atoms with Crippen molar-refractivity contribution in [3.05, 3.63) is 59.7 Å². The van der Waals surface area contributed by atoms with E-state index < -0.39 is 0 Å². The number of benzene rings is 2. The summed E-state index contributed by atoms with van der Waals surface area (Å²) >= 11 is 0. The van der Waals surface area contributed by atoms with Crippen molar-refractivity contribution in [3.63, 3.8) is 0 Å². The van der Waals surface area contributed by atoms with Crippen LogP contribution in [0.5, 0.6) is 0 Å². The first kappa shape index (κ1) is 23.0. The van der Waals surface area contributed by atoms with Gasteiger partial charge in [0.25, 0.3) is 0 Å². The molecule has 0 bridgehead atoms. The smallest absolute Gasteiger partial charge is 0.340 e.